The Labute approximate surface area is 137 Å². The summed E-state index contributed by atoms with van der Waals surface area (Å²) in [5.74, 6) is 1.30. The van der Waals surface area contributed by atoms with Gasteiger partial charge in [-0.1, -0.05) is 0 Å². The Morgan fingerprint density at radius 1 is 1.29 bits per heavy atom. The summed E-state index contributed by atoms with van der Waals surface area (Å²) >= 11 is 9.45. The van der Waals surface area contributed by atoms with Crippen molar-refractivity contribution in [2.45, 2.75) is 18.8 Å². The third-order valence-corrected chi connectivity index (χ3v) is 4.38. The summed E-state index contributed by atoms with van der Waals surface area (Å²) in [6.45, 7) is 5.70. The number of hydrogen-bond acceptors (Lipinski definition) is 4. The minimum atomic E-state index is 0.408. The quantitative estimate of drug-likeness (QED) is 0.756. The minimum Gasteiger partial charge on any atom is -0.379 e. The number of halogens is 2. The van der Waals surface area contributed by atoms with Gasteiger partial charge < -0.3 is 9.30 Å². The van der Waals surface area contributed by atoms with Gasteiger partial charge in [0.2, 0.25) is 0 Å². The van der Waals surface area contributed by atoms with Crippen LogP contribution in [-0.2, 0) is 17.2 Å². The van der Waals surface area contributed by atoms with E-state index in [1.54, 1.807) is 6.20 Å². The zero-order valence-corrected chi connectivity index (χ0v) is 14.1. The number of aryl methyl sites for hydroxylation is 1. The zero-order valence-electron chi connectivity index (χ0n) is 11.8. The van der Waals surface area contributed by atoms with Crippen molar-refractivity contribution in [3.05, 3.63) is 22.6 Å². The van der Waals surface area contributed by atoms with Crippen LogP contribution in [-0.4, -0.2) is 52.3 Å². The van der Waals surface area contributed by atoms with Gasteiger partial charge in [-0.25, -0.2) is 9.97 Å². The van der Waals surface area contributed by atoms with Crippen LogP contribution in [0.2, 0.25) is 0 Å². The van der Waals surface area contributed by atoms with E-state index in [2.05, 4.69) is 35.4 Å². The van der Waals surface area contributed by atoms with Crippen molar-refractivity contribution in [1.82, 2.24) is 19.4 Å². The van der Waals surface area contributed by atoms with E-state index in [9.17, 15) is 0 Å². The maximum atomic E-state index is 6.02. The van der Waals surface area contributed by atoms with Crippen LogP contribution in [0.3, 0.4) is 0 Å². The molecular formula is C14H18BrClN4O. The number of aromatic nitrogens is 3. The van der Waals surface area contributed by atoms with Crippen LogP contribution in [0.1, 0.15) is 12.2 Å². The molecule has 0 amide bonds. The number of nitrogens with zero attached hydrogens (tertiary/aromatic N) is 4. The normalized spacial score (nSPS) is 16.7. The minimum absolute atomic E-state index is 0.408. The van der Waals surface area contributed by atoms with E-state index in [1.165, 1.54) is 0 Å². The summed E-state index contributed by atoms with van der Waals surface area (Å²) < 4.78 is 8.44. The van der Waals surface area contributed by atoms with Crippen LogP contribution < -0.4 is 0 Å². The highest BCUT2D eigenvalue weighted by Gasteiger charge is 2.13. The molecule has 0 radical (unpaired) electrons. The monoisotopic (exact) mass is 372 g/mol. The molecule has 0 unspecified atom stereocenters. The number of fused-ring (bicyclic) bond motifs is 1. The first-order valence-electron chi connectivity index (χ1n) is 7.14. The van der Waals surface area contributed by atoms with E-state index in [0.29, 0.717) is 5.88 Å². The molecule has 0 aromatic carbocycles. The lowest BCUT2D eigenvalue weighted by molar-refractivity contribution is 0.0369. The van der Waals surface area contributed by atoms with Gasteiger partial charge in [-0.3, -0.25) is 4.90 Å². The van der Waals surface area contributed by atoms with Crippen molar-refractivity contribution in [2.24, 2.45) is 0 Å². The Bertz CT molecular complexity index is 612. The van der Waals surface area contributed by atoms with Crippen LogP contribution in [0.25, 0.3) is 11.2 Å². The smallest absolute Gasteiger partial charge is 0.160 e. The molecule has 0 N–H and O–H groups in total. The molecule has 3 rings (SSSR count). The van der Waals surface area contributed by atoms with Gasteiger partial charge in [0.1, 0.15) is 11.3 Å². The molecule has 2 aromatic heterocycles. The molecule has 0 spiro atoms. The first-order chi connectivity index (χ1) is 10.3. The maximum absolute atomic E-state index is 6.02. The summed E-state index contributed by atoms with van der Waals surface area (Å²) in [4.78, 5) is 11.5. The SMILES string of the molecule is ClCc1nc2cc(Br)cnc2n1CCCN1CCOCC1. The van der Waals surface area contributed by atoms with Crippen molar-refractivity contribution < 1.29 is 4.74 Å². The summed E-state index contributed by atoms with van der Waals surface area (Å²) in [6, 6.07) is 1.98. The zero-order chi connectivity index (χ0) is 14.7. The van der Waals surface area contributed by atoms with Gasteiger partial charge >= 0.3 is 0 Å². The second-order valence-electron chi connectivity index (χ2n) is 5.12. The molecule has 2 aromatic rings. The molecule has 1 aliphatic heterocycles. The molecule has 1 aliphatic rings. The van der Waals surface area contributed by atoms with E-state index in [4.69, 9.17) is 16.3 Å². The number of alkyl halides is 1. The molecule has 1 saturated heterocycles. The predicted octanol–water partition coefficient (Wildman–Crippen LogP) is 2.65. The van der Waals surface area contributed by atoms with E-state index in [1.807, 2.05) is 6.07 Å². The van der Waals surface area contributed by atoms with Gasteiger partial charge in [-0.05, 0) is 28.4 Å². The fourth-order valence-corrected chi connectivity index (χ4v) is 3.17. The first kappa shape index (κ1) is 15.2. The Hall–Kier alpha value is -0.690. The van der Waals surface area contributed by atoms with Crippen LogP contribution >= 0.6 is 27.5 Å². The van der Waals surface area contributed by atoms with Crippen molar-refractivity contribution in [3.63, 3.8) is 0 Å². The van der Waals surface area contributed by atoms with Crippen LogP contribution in [0, 0.1) is 0 Å². The Kier molecular flexibility index (Phi) is 5.11. The number of rotatable bonds is 5. The van der Waals surface area contributed by atoms with Crippen molar-refractivity contribution in [1.29, 1.82) is 0 Å². The molecule has 0 atom stereocenters. The highest BCUT2D eigenvalue weighted by atomic mass is 79.9. The highest BCUT2D eigenvalue weighted by Crippen LogP contribution is 2.20. The summed E-state index contributed by atoms with van der Waals surface area (Å²) in [6.07, 6.45) is 2.87. The van der Waals surface area contributed by atoms with Gasteiger partial charge in [0.05, 0.1) is 19.1 Å². The first-order valence-corrected chi connectivity index (χ1v) is 8.47. The van der Waals surface area contributed by atoms with Gasteiger partial charge in [0.25, 0.3) is 0 Å². The third-order valence-electron chi connectivity index (χ3n) is 3.71. The standard InChI is InChI=1S/C14H18BrClN4O/c15-11-8-12-14(17-10-11)20(13(9-16)18-12)3-1-2-19-4-6-21-7-5-19/h8,10H,1-7,9H2. The molecule has 114 valence electrons. The number of imidazole rings is 1. The van der Waals surface area contributed by atoms with Crippen LogP contribution in [0.4, 0.5) is 0 Å². The van der Waals surface area contributed by atoms with Crippen LogP contribution in [0.5, 0.6) is 0 Å². The van der Waals surface area contributed by atoms with Crippen molar-refractivity contribution >= 4 is 38.7 Å². The van der Waals surface area contributed by atoms with Crippen LogP contribution in [0.15, 0.2) is 16.7 Å². The number of ether oxygens (including phenoxy) is 1. The molecular weight excluding hydrogens is 356 g/mol. The molecule has 5 nitrogen and oxygen atoms in total. The fraction of sp³-hybridized carbons (Fsp3) is 0.571. The molecule has 0 bridgehead atoms. The molecule has 21 heavy (non-hydrogen) atoms. The fourth-order valence-electron chi connectivity index (χ4n) is 2.65. The predicted molar refractivity (Wildman–Crippen MR) is 86.7 cm³/mol. The van der Waals surface area contributed by atoms with Gasteiger partial charge in [0, 0.05) is 36.8 Å². The lowest BCUT2D eigenvalue weighted by Crippen LogP contribution is -2.37. The Balaban J connectivity index is 1.70. The van der Waals surface area contributed by atoms with E-state index < -0.39 is 0 Å². The Morgan fingerprint density at radius 2 is 2.10 bits per heavy atom. The number of morpholine rings is 1. The topological polar surface area (TPSA) is 43.2 Å². The second-order valence-corrected chi connectivity index (χ2v) is 6.30. The van der Waals surface area contributed by atoms with Crippen molar-refractivity contribution in [3.8, 4) is 0 Å². The number of pyridine rings is 1. The average molecular weight is 374 g/mol. The molecule has 1 fully saturated rings. The third kappa shape index (κ3) is 3.56. The van der Waals surface area contributed by atoms with Gasteiger partial charge in [-0.15, -0.1) is 11.6 Å². The highest BCUT2D eigenvalue weighted by molar-refractivity contribution is 9.10. The summed E-state index contributed by atoms with van der Waals surface area (Å²) in [7, 11) is 0. The van der Waals surface area contributed by atoms with Gasteiger partial charge in [0.15, 0.2) is 5.65 Å². The molecule has 0 saturated carbocycles. The van der Waals surface area contributed by atoms with Gasteiger partial charge in [-0.2, -0.15) is 0 Å². The maximum Gasteiger partial charge on any atom is 0.160 e. The summed E-state index contributed by atoms with van der Waals surface area (Å²) in [5, 5.41) is 0. The largest absolute Gasteiger partial charge is 0.379 e. The molecule has 7 heteroatoms. The lowest BCUT2D eigenvalue weighted by atomic mass is 10.3. The van der Waals surface area contributed by atoms with Crippen molar-refractivity contribution in [2.75, 3.05) is 32.8 Å². The summed E-state index contributed by atoms with van der Waals surface area (Å²) in [5.41, 5.74) is 1.81. The number of hydrogen-bond donors (Lipinski definition) is 0. The molecule has 3 heterocycles. The average Bonchev–Trinajstić information content (AvgIpc) is 2.85. The van der Waals surface area contributed by atoms with E-state index in [-0.39, 0.29) is 0 Å². The second kappa shape index (κ2) is 7.05. The lowest BCUT2D eigenvalue weighted by Gasteiger charge is -2.26. The Morgan fingerprint density at radius 3 is 2.86 bits per heavy atom. The molecule has 0 aliphatic carbocycles. The van der Waals surface area contributed by atoms with E-state index >= 15 is 0 Å². The van der Waals surface area contributed by atoms with E-state index in [0.717, 1.165) is 67.3 Å².